The molecular weight excluding hydrogens is 346 g/mol. The Morgan fingerprint density at radius 3 is 2.61 bits per heavy atom. The van der Waals surface area contributed by atoms with E-state index < -0.39 is 5.60 Å². The Hall–Kier alpha value is -3.42. The largest absolute Gasteiger partial charge is 0.379 e. The lowest BCUT2D eigenvalue weighted by atomic mass is 9.80. The van der Waals surface area contributed by atoms with Crippen molar-refractivity contribution in [1.82, 2.24) is 9.55 Å². The van der Waals surface area contributed by atoms with Crippen LogP contribution in [0.3, 0.4) is 0 Å². The normalized spacial score (nSPS) is 21.2. The first-order valence-corrected chi connectivity index (χ1v) is 9.43. The predicted molar refractivity (Wildman–Crippen MR) is 108 cm³/mol. The van der Waals surface area contributed by atoms with Crippen molar-refractivity contribution < 1.29 is 5.11 Å². The van der Waals surface area contributed by atoms with Gasteiger partial charge in [-0.25, -0.2) is 4.98 Å². The number of aromatic nitrogens is 2. The fourth-order valence-electron chi connectivity index (χ4n) is 4.33. The Kier molecular flexibility index (Phi) is 3.78. The quantitative estimate of drug-likeness (QED) is 0.568. The lowest BCUT2D eigenvalue weighted by Crippen LogP contribution is -2.36. The third-order valence-corrected chi connectivity index (χ3v) is 5.86. The maximum atomic E-state index is 11.7. The van der Waals surface area contributed by atoms with Crippen LogP contribution in [-0.2, 0) is 5.60 Å². The van der Waals surface area contributed by atoms with E-state index in [1.54, 1.807) is 12.5 Å². The number of imidazole rings is 1. The summed E-state index contributed by atoms with van der Waals surface area (Å²) in [6.45, 7) is 0. The number of nitrogens with zero attached hydrogens (tertiary/aromatic N) is 3. The molecule has 28 heavy (non-hydrogen) atoms. The Labute approximate surface area is 163 Å². The monoisotopic (exact) mass is 365 g/mol. The molecule has 1 aliphatic heterocycles. The van der Waals surface area contributed by atoms with Gasteiger partial charge in [-0.15, -0.1) is 0 Å². The molecule has 0 spiro atoms. The second-order valence-corrected chi connectivity index (χ2v) is 7.40. The average molecular weight is 365 g/mol. The zero-order chi connectivity index (χ0) is 19.1. The summed E-state index contributed by atoms with van der Waals surface area (Å²) in [5, 5.41) is 23.0. The Balaban J connectivity index is 1.58. The van der Waals surface area contributed by atoms with Gasteiger partial charge in [-0.1, -0.05) is 48.5 Å². The second-order valence-electron chi connectivity index (χ2n) is 7.40. The topological polar surface area (TPSA) is 61.8 Å². The van der Waals surface area contributed by atoms with Crippen LogP contribution in [-0.4, -0.2) is 14.7 Å². The van der Waals surface area contributed by atoms with Gasteiger partial charge in [0.2, 0.25) is 0 Å². The van der Waals surface area contributed by atoms with Crippen LogP contribution in [0.1, 0.15) is 41.3 Å². The van der Waals surface area contributed by atoms with Crippen molar-refractivity contribution in [3.63, 3.8) is 0 Å². The van der Waals surface area contributed by atoms with Gasteiger partial charge < -0.3 is 9.67 Å². The Morgan fingerprint density at radius 1 is 1.04 bits per heavy atom. The van der Waals surface area contributed by atoms with Crippen LogP contribution in [0.4, 0.5) is 0 Å². The summed E-state index contributed by atoms with van der Waals surface area (Å²) in [6.07, 6.45) is 4.97. The number of benzene rings is 3. The van der Waals surface area contributed by atoms with Crippen LogP contribution >= 0.6 is 0 Å². The molecule has 0 bridgehead atoms. The van der Waals surface area contributed by atoms with E-state index in [-0.39, 0.29) is 6.04 Å². The van der Waals surface area contributed by atoms with E-state index in [4.69, 9.17) is 5.26 Å². The minimum Gasteiger partial charge on any atom is -0.379 e. The highest BCUT2D eigenvalue weighted by molar-refractivity contribution is 5.83. The van der Waals surface area contributed by atoms with Gasteiger partial charge in [0.05, 0.1) is 35.9 Å². The van der Waals surface area contributed by atoms with Crippen molar-refractivity contribution in [3.05, 3.63) is 102 Å². The minimum absolute atomic E-state index is 0.103. The highest BCUT2D eigenvalue weighted by atomic mass is 16.3. The van der Waals surface area contributed by atoms with Gasteiger partial charge >= 0.3 is 0 Å². The van der Waals surface area contributed by atoms with E-state index in [9.17, 15) is 5.11 Å². The molecule has 3 aromatic carbocycles. The lowest BCUT2D eigenvalue weighted by molar-refractivity contribution is 0.0421. The third-order valence-electron chi connectivity index (χ3n) is 5.86. The first kappa shape index (κ1) is 16.7. The van der Waals surface area contributed by atoms with E-state index >= 15 is 0 Å². The number of fused-ring (bicyclic) bond motifs is 2. The summed E-state index contributed by atoms with van der Waals surface area (Å²) in [5.41, 5.74) is 2.41. The Bertz CT molecular complexity index is 1200. The summed E-state index contributed by atoms with van der Waals surface area (Å²) in [5.74, 6) is 0. The molecule has 2 heterocycles. The summed E-state index contributed by atoms with van der Waals surface area (Å²) < 4.78 is 2.07. The van der Waals surface area contributed by atoms with Crippen LogP contribution in [0, 0.1) is 11.3 Å². The average Bonchev–Trinajstić information content (AvgIpc) is 3.25. The number of nitriles is 1. The molecule has 1 aliphatic rings. The van der Waals surface area contributed by atoms with Gasteiger partial charge in [0.1, 0.15) is 5.60 Å². The van der Waals surface area contributed by atoms with Crippen LogP contribution in [0.2, 0.25) is 0 Å². The molecule has 0 radical (unpaired) electrons. The highest BCUT2D eigenvalue weighted by Gasteiger charge is 2.40. The van der Waals surface area contributed by atoms with Crippen molar-refractivity contribution in [3.8, 4) is 6.07 Å². The van der Waals surface area contributed by atoms with Crippen LogP contribution in [0.25, 0.3) is 10.8 Å². The fourth-order valence-corrected chi connectivity index (χ4v) is 4.33. The fraction of sp³-hybridized carbons (Fsp3) is 0.167. The third kappa shape index (κ3) is 2.52. The Morgan fingerprint density at radius 2 is 1.82 bits per heavy atom. The maximum Gasteiger partial charge on any atom is 0.131 e. The summed E-state index contributed by atoms with van der Waals surface area (Å²) in [4.78, 5) is 4.35. The smallest absolute Gasteiger partial charge is 0.131 e. The summed E-state index contributed by atoms with van der Waals surface area (Å²) in [6, 6.07) is 24.3. The molecule has 4 nitrogen and oxygen atoms in total. The molecule has 0 aliphatic carbocycles. The second kappa shape index (κ2) is 6.33. The number of aliphatic hydroxyl groups is 1. The molecule has 0 saturated carbocycles. The van der Waals surface area contributed by atoms with Crippen LogP contribution in [0.5, 0.6) is 0 Å². The van der Waals surface area contributed by atoms with Crippen molar-refractivity contribution in [1.29, 1.82) is 5.26 Å². The molecule has 1 N–H and O–H groups in total. The molecule has 4 aromatic rings. The van der Waals surface area contributed by atoms with Crippen molar-refractivity contribution in [2.75, 3.05) is 0 Å². The highest BCUT2D eigenvalue weighted by Crippen LogP contribution is 2.43. The first-order valence-electron chi connectivity index (χ1n) is 9.43. The molecule has 0 saturated heterocycles. The van der Waals surface area contributed by atoms with Gasteiger partial charge in [0, 0.05) is 0 Å². The van der Waals surface area contributed by atoms with E-state index in [0.717, 1.165) is 34.0 Å². The maximum absolute atomic E-state index is 11.7. The van der Waals surface area contributed by atoms with Gasteiger partial charge in [-0.2, -0.15) is 5.26 Å². The summed E-state index contributed by atoms with van der Waals surface area (Å²) in [7, 11) is 0. The SMILES string of the molecule is N#Cc1ccc(C2CCC(O)(c3ccc4ccccc4c3)c3cncn32)cc1. The van der Waals surface area contributed by atoms with E-state index in [1.807, 2.05) is 42.5 Å². The van der Waals surface area contributed by atoms with Crippen molar-refractivity contribution in [2.45, 2.75) is 24.5 Å². The number of rotatable bonds is 2. The zero-order valence-electron chi connectivity index (χ0n) is 15.3. The van der Waals surface area contributed by atoms with Crippen molar-refractivity contribution in [2.24, 2.45) is 0 Å². The minimum atomic E-state index is -1.07. The standard InChI is InChI=1S/C24H19N3O/c25-14-17-5-7-19(8-6-17)22-11-12-24(28,23-15-26-16-27(22)23)21-10-9-18-3-1-2-4-20(18)13-21/h1-10,13,15-16,22,28H,11-12H2. The predicted octanol–water partition coefficient (Wildman–Crippen LogP) is 4.53. The molecule has 0 amide bonds. The number of hydrogen-bond acceptors (Lipinski definition) is 3. The van der Waals surface area contributed by atoms with Gasteiger partial charge in [-0.3, -0.25) is 0 Å². The molecule has 1 aromatic heterocycles. The van der Waals surface area contributed by atoms with E-state index in [1.165, 1.54) is 0 Å². The molecule has 2 unspecified atom stereocenters. The molecule has 2 atom stereocenters. The van der Waals surface area contributed by atoms with Crippen LogP contribution < -0.4 is 0 Å². The van der Waals surface area contributed by atoms with Crippen molar-refractivity contribution >= 4 is 10.8 Å². The molecule has 0 fully saturated rings. The van der Waals surface area contributed by atoms with Crippen LogP contribution in [0.15, 0.2) is 79.3 Å². The lowest BCUT2D eigenvalue weighted by Gasteiger charge is -2.38. The molecule has 136 valence electrons. The zero-order valence-corrected chi connectivity index (χ0v) is 15.3. The van der Waals surface area contributed by atoms with Gasteiger partial charge in [0.25, 0.3) is 0 Å². The van der Waals surface area contributed by atoms with E-state index in [0.29, 0.717) is 12.0 Å². The first-order chi connectivity index (χ1) is 13.7. The molecule has 4 heteroatoms. The molecule has 5 rings (SSSR count). The van der Waals surface area contributed by atoms with Gasteiger partial charge in [0.15, 0.2) is 0 Å². The number of hydrogen-bond donors (Lipinski definition) is 1. The molecular formula is C24H19N3O. The van der Waals surface area contributed by atoms with Gasteiger partial charge in [-0.05, 0) is 52.9 Å². The van der Waals surface area contributed by atoms with E-state index in [2.05, 4.69) is 39.9 Å². The summed E-state index contributed by atoms with van der Waals surface area (Å²) >= 11 is 0.